The number of rotatable bonds is 6. The number of amides is 2. The molecule has 31 heavy (non-hydrogen) atoms. The maximum atomic E-state index is 13.9. The number of hydrogen-bond acceptors (Lipinski definition) is 5. The molecule has 1 saturated heterocycles. The van der Waals surface area contributed by atoms with Crippen molar-refractivity contribution in [1.82, 2.24) is 15.2 Å². The summed E-state index contributed by atoms with van der Waals surface area (Å²) in [5.41, 5.74) is 0.0754. The normalized spacial score (nSPS) is 21.2. The van der Waals surface area contributed by atoms with Crippen LogP contribution in [-0.4, -0.2) is 46.6 Å². The molecule has 1 aromatic heterocycles. The van der Waals surface area contributed by atoms with Crippen molar-refractivity contribution >= 4 is 23.6 Å². The molecular weight excluding hydrogens is 417 g/mol. The monoisotopic (exact) mass is 443 g/mol. The highest BCUT2D eigenvalue weighted by Gasteiger charge is 2.32. The second-order valence-corrected chi connectivity index (χ2v) is 8.84. The quantitative estimate of drug-likeness (QED) is 0.670. The summed E-state index contributed by atoms with van der Waals surface area (Å²) in [6, 6.07) is 8.83. The molecule has 0 bridgehead atoms. The van der Waals surface area contributed by atoms with Gasteiger partial charge in [-0.2, -0.15) is 0 Å². The van der Waals surface area contributed by atoms with E-state index in [0.717, 1.165) is 55.8 Å². The van der Waals surface area contributed by atoms with Gasteiger partial charge in [0.15, 0.2) is 0 Å². The SMILES string of the molecule is CSc1cccc(Oc2ncc(F)cc2C(=O)NC2CCC(N3CCCC3=O)CC2)c1. The zero-order valence-corrected chi connectivity index (χ0v) is 18.3. The van der Waals surface area contributed by atoms with Crippen LogP contribution in [0.1, 0.15) is 48.9 Å². The van der Waals surface area contributed by atoms with Crippen molar-refractivity contribution in [2.45, 2.75) is 55.5 Å². The Morgan fingerprint density at radius 3 is 2.77 bits per heavy atom. The minimum Gasteiger partial charge on any atom is -0.438 e. The minimum atomic E-state index is -0.591. The Morgan fingerprint density at radius 1 is 1.26 bits per heavy atom. The number of nitrogens with zero attached hydrogens (tertiary/aromatic N) is 2. The van der Waals surface area contributed by atoms with Gasteiger partial charge in [-0.1, -0.05) is 6.07 Å². The van der Waals surface area contributed by atoms with Gasteiger partial charge >= 0.3 is 0 Å². The molecule has 1 aliphatic carbocycles. The van der Waals surface area contributed by atoms with Gasteiger partial charge in [-0.3, -0.25) is 9.59 Å². The predicted molar refractivity (Wildman–Crippen MR) is 117 cm³/mol. The van der Waals surface area contributed by atoms with Crippen LogP contribution in [0, 0.1) is 5.82 Å². The van der Waals surface area contributed by atoms with Crippen molar-refractivity contribution in [3.63, 3.8) is 0 Å². The van der Waals surface area contributed by atoms with E-state index in [2.05, 4.69) is 10.3 Å². The molecule has 2 amide bonds. The molecule has 8 heteroatoms. The van der Waals surface area contributed by atoms with E-state index in [-0.39, 0.29) is 29.4 Å². The lowest BCUT2D eigenvalue weighted by Crippen LogP contribution is -2.44. The molecule has 0 unspecified atom stereocenters. The average Bonchev–Trinajstić information content (AvgIpc) is 3.21. The smallest absolute Gasteiger partial charge is 0.257 e. The first-order valence-corrected chi connectivity index (χ1v) is 11.8. The van der Waals surface area contributed by atoms with Gasteiger partial charge in [0.2, 0.25) is 11.8 Å². The summed E-state index contributed by atoms with van der Waals surface area (Å²) >= 11 is 1.57. The minimum absolute atomic E-state index is 0.0163. The Balaban J connectivity index is 1.41. The molecule has 164 valence electrons. The van der Waals surface area contributed by atoms with Gasteiger partial charge in [0.05, 0.1) is 6.20 Å². The molecule has 6 nitrogen and oxygen atoms in total. The fourth-order valence-electron chi connectivity index (χ4n) is 4.30. The first kappa shape index (κ1) is 21.6. The van der Waals surface area contributed by atoms with E-state index in [4.69, 9.17) is 4.74 Å². The van der Waals surface area contributed by atoms with Crippen LogP contribution in [0.2, 0.25) is 0 Å². The largest absolute Gasteiger partial charge is 0.438 e. The molecular formula is C23H26FN3O3S. The number of benzene rings is 1. The molecule has 1 aromatic carbocycles. The lowest BCUT2D eigenvalue weighted by Gasteiger charge is -2.34. The lowest BCUT2D eigenvalue weighted by atomic mass is 9.90. The number of thioether (sulfide) groups is 1. The van der Waals surface area contributed by atoms with Crippen LogP contribution in [0.5, 0.6) is 11.6 Å². The van der Waals surface area contributed by atoms with E-state index in [1.54, 1.807) is 17.8 Å². The second kappa shape index (κ2) is 9.68. The van der Waals surface area contributed by atoms with Crippen LogP contribution in [-0.2, 0) is 4.79 Å². The van der Waals surface area contributed by atoms with Crippen molar-refractivity contribution in [2.24, 2.45) is 0 Å². The zero-order valence-electron chi connectivity index (χ0n) is 17.5. The molecule has 2 fully saturated rings. The molecule has 2 aliphatic rings. The van der Waals surface area contributed by atoms with Gasteiger partial charge in [-0.15, -0.1) is 11.8 Å². The van der Waals surface area contributed by atoms with Gasteiger partial charge in [0, 0.05) is 29.9 Å². The summed E-state index contributed by atoms with van der Waals surface area (Å²) in [4.78, 5) is 31.9. The van der Waals surface area contributed by atoms with Gasteiger partial charge in [-0.05, 0) is 62.6 Å². The van der Waals surface area contributed by atoms with Gasteiger partial charge in [-0.25, -0.2) is 9.37 Å². The summed E-state index contributed by atoms with van der Waals surface area (Å²) in [5, 5.41) is 3.00. The molecule has 0 spiro atoms. The fourth-order valence-corrected chi connectivity index (χ4v) is 4.75. The maximum absolute atomic E-state index is 13.9. The van der Waals surface area contributed by atoms with Crippen LogP contribution in [0.3, 0.4) is 0 Å². The van der Waals surface area contributed by atoms with Gasteiger partial charge < -0.3 is 15.0 Å². The van der Waals surface area contributed by atoms with Crippen LogP contribution in [0.4, 0.5) is 4.39 Å². The molecule has 2 aromatic rings. The van der Waals surface area contributed by atoms with E-state index in [9.17, 15) is 14.0 Å². The molecule has 1 N–H and O–H groups in total. The molecule has 4 rings (SSSR count). The highest BCUT2D eigenvalue weighted by atomic mass is 32.2. The van der Waals surface area contributed by atoms with E-state index >= 15 is 0 Å². The number of carbonyl (C=O) groups is 2. The highest BCUT2D eigenvalue weighted by Crippen LogP contribution is 2.29. The van der Waals surface area contributed by atoms with Crippen molar-refractivity contribution < 1.29 is 18.7 Å². The first-order valence-electron chi connectivity index (χ1n) is 10.6. The number of nitrogens with one attached hydrogen (secondary N) is 1. The third-order valence-corrected chi connectivity index (χ3v) is 6.63. The summed E-state index contributed by atoms with van der Waals surface area (Å²) in [6.45, 7) is 0.841. The number of pyridine rings is 1. The fraction of sp³-hybridized carbons (Fsp3) is 0.435. The standard InChI is InChI=1S/C23H26FN3O3S/c1-31-19-5-2-4-18(13-19)30-23-20(12-15(24)14-25-23)22(29)26-16-7-9-17(10-8-16)27-11-3-6-21(27)28/h2,4-5,12-14,16-17H,3,6-11H2,1H3,(H,26,29). The third-order valence-electron chi connectivity index (χ3n) is 5.90. The lowest BCUT2D eigenvalue weighted by molar-refractivity contribution is -0.130. The van der Waals surface area contributed by atoms with Gasteiger partial charge in [0.25, 0.3) is 5.91 Å². The number of aromatic nitrogens is 1. The summed E-state index contributed by atoms with van der Waals surface area (Å²) in [5.74, 6) is -0.134. The topological polar surface area (TPSA) is 71.5 Å². The number of halogens is 1. The van der Waals surface area contributed by atoms with Crippen molar-refractivity contribution in [1.29, 1.82) is 0 Å². The highest BCUT2D eigenvalue weighted by molar-refractivity contribution is 7.98. The summed E-state index contributed by atoms with van der Waals surface area (Å²) in [7, 11) is 0. The Bertz CT molecular complexity index is 963. The molecule has 2 heterocycles. The van der Waals surface area contributed by atoms with Crippen LogP contribution < -0.4 is 10.1 Å². The number of hydrogen-bond donors (Lipinski definition) is 1. The van der Waals surface area contributed by atoms with E-state index in [1.165, 1.54) is 0 Å². The number of carbonyl (C=O) groups excluding carboxylic acids is 2. The van der Waals surface area contributed by atoms with E-state index in [1.807, 2.05) is 29.4 Å². The third kappa shape index (κ3) is 5.18. The summed E-state index contributed by atoms with van der Waals surface area (Å²) in [6.07, 6.45) is 7.89. The molecule has 1 aliphatic heterocycles. The Kier molecular flexibility index (Phi) is 6.75. The molecule has 0 atom stereocenters. The van der Waals surface area contributed by atoms with Crippen molar-refractivity contribution in [3.8, 4) is 11.6 Å². The van der Waals surface area contributed by atoms with Crippen molar-refractivity contribution in [3.05, 3.63) is 47.9 Å². The maximum Gasteiger partial charge on any atom is 0.257 e. The van der Waals surface area contributed by atoms with Crippen LogP contribution in [0.15, 0.2) is 41.4 Å². The predicted octanol–water partition coefficient (Wildman–Crippen LogP) is 4.40. The Morgan fingerprint density at radius 2 is 2.06 bits per heavy atom. The first-order chi connectivity index (χ1) is 15.0. The van der Waals surface area contributed by atoms with Gasteiger partial charge in [0.1, 0.15) is 17.1 Å². The van der Waals surface area contributed by atoms with Crippen LogP contribution in [0.25, 0.3) is 0 Å². The Labute approximate surface area is 185 Å². The number of likely N-dealkylation sites (tertiary alicyclic amines) is 1. The van der Waals surface area contributed by atoms with Crippen LogP contribution >= 0.6 is 11.8 Å². The molecule has 0 radical (unpaired) electrons. The zero-order chi connectivity index (χ0) is 21.8. The average molecular weight is 444 g/mol. The van der Waals surface area contributed by atoms with E-state index < -0.39 is 11.7 Å². The van der Waals surface area contributed by atoms with Crippen molar-refractivity contribution in [2.75, 3.05) is 12.8 Å². The van der Waals surface area contributed by atoms with E-state index in [0.29, 0.717) is 12.2 Å². The Hall–Kier alpha value is -2.61. The second-order valence-electron chi connectivity index (χ2n) is 7.96. The number of ether oxygens (including phenoxy) is 1. The molecule has 1 saturated carbocycles. The summed E-state index contributed by atoms with van der Waals surface area (Å²) < 4.78 is 19.7.